The molecule has 1 rings (SSSR count). The van der Waals surface area contributed by atoms with Crippen LogP contribution >= 0.6 is 11.6 Å². The lowest BCUT2D eigenvalue weighted by Crippen LogP contribution is -2.24. The summed E-state index contributed by atoms with van der Waals surface area (Å²) in [5.74, 6) is -1.25. The van der Waals surface area contributed by atoms with E-state index in [0.717, 1.165) is 0 Å². The number of guanidine groups is 1. The van der Waals surface area contributed by atoms with Crippen molar-refractivity contribution >= 4 is 35.2 Å². The highest BCUT2D eigenvalue weighted by Crippen LogP contribution is 2.20. The normalized spacial score (nSPS) is 9.67. The fourth-order valence-electron chi connectivity index (χ4n) is 0.995. The molecule has 0 spiro atoms. The lowest BCUT2D eigenvalue weighted by atomic mass is 10.4. The van der Waals surface area contributed by atoms with Crippen LogP contribution in [0.15, 0.2) is 5.16 Å². The molecule has 0 aliphatic heterocycles. The molecule has 0 unspecified atom stereocenters. The predicted octanol–water partition coefficient (Wildman–Crippen LogP) is -0.511. The van der Waals surface area contributed by atoms with Gasteiger partial charge in [-0.1, -0.05) is 11.6 Å². The minimum Gasteiger partial charge on any atom is -0.382 e. The van der Waals surface area contributed by atoms with Gasteiger partial charge in [0.1, 0.15) is 0 Å². The molecule has 0 atom stereocenters. The first-order valence-corrected chi connectivity index (χ1v) is 5.20. The second-order valence-corrected chi connectivity index (χ2v) is 3.38. The lowest BCUT2D eigenvalue weighted by molar-refractivity contribution is 0.0509. The number of hydrogen-bond acceptors (Lipinski definition) is 7. The van der Waals surface area contributed by atoms with Crippen molar-refractivity contribution in [1.82, 2.24) is 9.97 Å². The van der Waals surface area contributed by atoms with Gasteiger partial charge in [0.05, 0.1) is 0 Å². The van der Waals surface area contributed by atoms with E-state index in [0.29, 0.717) is 6.54 Å². The highest BCUT2D eigenvalue weighted by atomic mass is 35.5. The minimum atomic E-state index is -0.960. The van der Waals surface area contributed by atoms with Crippen LogP contribution in [-0.4, -0.2) is 28.4 Å². The number of carbonyl (C=O) groups excluding carboxylic acids is 1. The van der Waals surface area contributed by atoms with E-state index in [9.17, 15) is 4.79 Å². The summed E-state index contributed by atoms with van der Waals surface area (Å²) in [5, 5.41) is 5.89. The zero-order valence-electron chi connectivity index (χ0n) is 9.48. The van der Waals surface area contributed by atoms with Gasteiger partial charge >= 0.3 is 5.97 Å². The van der Waals surface area contributed by atoms with Crippen molar-refractivity contribution in [2.24, 2.45) is 16.6 Å². The summed E-state index contributed by atoms with van der Waals surface area (Å²) in [6, 6.07) is 0. The molecule has 0 saturated heterocycles. The molecular weight excluding hydrogens is 262 g/mol. The monoisotopic (exact) mass is 273 g/mol. The summed E-state index contributed by atoms with van der Waals surface area (Å²) in [5.41, 5.74) is 15.3. The van der Waals surface area contributed by atoms with Crippen LogP contribution in [0.2, 0.25) is 5.15 Å². The van der Waals surface area contributed by atoms with Gasteiger partial charge in [-0.15, -0.1) is 0 Å². The van der Waals surface area contributed by atoms with Crippen molar-refractivity contribution in [2.45, 2.75) is 6.92 Å². The molecule has 0 aliphatic carbocycles. The fourth-order valence-corrected chi connectivity index (χ4v) is 1.19. The van der Waals surface area contributed by atoms with Crippen molar-refractivity contribution in [2.75, 3.05) is 17.6 Å². The molecule has 18 heavy (non-hydrogen) atoms. The van der Waals surface area contributed by atoms with Crippen molar-refractivity contribution in [3.63, 3.8) is 0 Å². The first-order valence-electron chi connectivity index (χ1n) is 4.82. The SMILES string of the molecule is CCNc1nc(N)c(C(=O)ON=C(N)N)nc1Cl. The van der Waals surface area contributed by atoms with Crippen LogP contribution in [0.25, 0.3) is 0 Å². The number of aromatic nitrogens is 2. The van der Waals surface area contributed by atoms with Crippen molar-refractivity contribution < 1.29 is 9.63 Å². The molecule has 9 nitrogen and oxygen atoms in total. The smallest absolute Gasteiger partial charge is 0.382 e. The molecule has 0 saturated carbocycles. The fraction of sp³-hybridized carbons (Fsp3) is 0.250. The summed E-state index contributed by atoms with van der Waals surface area (Å²) in [6.07, 6.45) is 0. The number of oxime groups is 1. The van der Waals surface area contributed by atoms with E-state index in [4.69, 9.17) is 28.8 Å². The van der Waals surface area contributed by atoms with Crippen molar-refractivity contribution in [3.8, 4) is 0 Å². The number of halogens is 1. The number of nitrogens with one attached hydrogen (secondary N) is 1. The van der Waals surface area contributed by atoms with Crippen LogP contribution < -0.4 is 22.5 Å². The Morgan fingerprint density at radius 2 is 2.17 bits per heavy atom. The van der Waals surface area contributed by atoms with Gasteiger partial charge in [0.15, 0.2) is 22.5 Å². The Morgan fingerprint density at radius 3 is 2.72 bits per heavy atom. The molecule has 1 aromatic heterocycles. The summed E-state index contributed by atoms with van der Waals surface area (Å²) in [4.78, 5) is 23.5. The molecule has 1 aromatic rings. The second kappa shape index (κ2) is 5.87. The Morgan fingerprint density at radius 1 is 1.50 bits per heavy atom. The van der Waals surface area contributed by atoms with Gasteiger partial charge < -0.3 is 27.4 Å². The summed E-state index contributed by atoms with van der Waals surface area (Å²) in [7, 11) is 0. The third-order valence-electron chi connectivity index (χ3n) is 1.65. The van der Waals surface area contributed by atoms with E-state index in [1.165, 1.54) is 0 Å². The van der Waals surface area contributed by atoms with Crippen LogP contribution in [-0.2, 0) is 4.84 Å². The van der Waals surface area contributed by atoms with Gasteiger partial charge in [-0.05, 0) is 12.1 Å². The van der Waals surface area contributed by atoms with Crippen molar-refractivity contribution in [3.05, 3.63) is 10.8 Å². The van der Waals surface area contributed by atoms with E-state index in [-0.39, 0.29) is 22.5 Å². The molecule has 0 bridgehead atoms. The maximum absolute atomic E-state index is 11.5. The number of rotatable bonds is 4. The number of anilines is 2. The first-order chi connectivity index (χ1) is 8.45. The van der Waals surface area contributed by atoms with Crippen LogP contribution in [0, 0.1) is 0 Å². The van der Waals surface area contributed by atoms with Gasteiger partial charge in [0.25, 0.3) is 0 Å². The van der Waals surface area contributed by atoms with E-state index in [2.05, 4.69) is 25.3 Å². The minimum absolute atomic E-state index is 0.0114. The molecule has 0 radical (unpaired) electrons. The predicted molar refractivity (Wildman–Crippen MR) is 66.8 cm³/mol. The molecule has 0 fully saturated rings. The molecule has 7 N–H and O–H groups in total. The van der Waals surface area contributed by atoms with Crippen LogP contribution in [0.1, 0.15) is 17.4 Å². The van der Waals surface area contributed by atoms with E-state index in [1.54, 1.807) is 0 Å². The number of nitrogen functional groups attached to an aromatic ring is 1. The molecule has 10 heteroatoms. The van der Waals surface area contributed by atoms with E-state index < -0.39 is 11.9 Å². The van der Waals surface area contributed by atoms with E-state index >= 15 is 0 Å². The number of hydrogen-bond donors (Lipinski definition) is 4. The number of nitrogens with two attached hydrogens (primary N) is 3. The summed E-state index contributed by atoms with van der Waals surface area (Å²) < 4.78 is 0. The highest BCUT2D eigenvalue weighted by Gasteiger charge is 2.18. The van der Waals surface area contributed by atoms with E-state index in [1.807, 2.05) is 6.92 Å². The molecule has 0 aliphatic rings. The average Bonchev–Trinajstić information content (AvgIpc) is 2.30. The van der Waals surface area contributed by atoms with Crippen LogP contribution in [0.4, 0.5) is 11.6 Å². The molecule has 0 amide bonds. The second-order valence-electron chi connectivity index (χ2n) is 3.02. The van der Waals surface area contributed by atoms with Crippen molar-refractivity contribution in [1.29, 1.82) is 0 Å². The van der Waals surface area contributed by atoms with Gasteiger partial charge in [0, 0.05) is 6.54 Å². The Kier molecular flexibility index (Phi) is 4.49. The zero-order chi connectivity index (χ0) is 13.7. The summed E-state index contributed by atoms with van der Waals surface area (Å²) in [6.45, 7) is 2.42. The summed E-state index contributed by atoms with van der Waals surface area (Å²) >= 11 is 5.80. The Labute approximate surface area is 107 Å². The Hall–Kier alpha value is -2.29. The Bertz CT molecular complexity index is 487. The van der Waals surface area contributed by atoms with Crippen LogP contribution in [0.3, 0.4) is 0 Å². The third kappa shape index (κ3) is 3.35. The first kappa shape index (κ1) is 13.8. The van der Waals surface area contributed by atoms with Crippen LogP contribution in [0.5, 0.6) is 0 Å². The number of nitrogens with zero attached hydrogens (tertiary/aromatic N) is 3. The Balaban J connectivity index is 3.00. The lowest BCUT2D eigenvalue weighted by Gasteiger charge is -2.07. The topological polar surface area (TPSA) is 155 Å². The quantitative estimate of drug-likeness (QED) is 0.247. The largest absolute Gasteiger partial charge is 0.387 e. The molecule has 1 heterocycles. The van der Waals surface area contributed by atoms with Gasteiger partial charge in [-0.2, -0.15) is 0 Å². The standard InChI is InChI=1S/C8H12ClN7O2/c1-2-13-6-4(9)14-3(5(10)15-6)7(17)18-16-8(11)12/h2H2,1H3,(H3,10,13,15)(H4,11,12,16). The molecular formula is C8H12ClN7O2. The average molecular weight is 274 g/mol. The zero-order valence-corrected chi connectivity index (χ0v) is 10.2. The molecule has 0 aromatic carbocycles. The third-order valence-corrected chi connectivity index (χ3v) is 1.92. The molecule has 98 valence electrons. The van der Waals surface area contributed by atoms with Gasteiger partial charge in [-0.3, -0.25) is 0 Å². The number of carbonyl (C=O) groups is 1. The van der Waals surface area contributed by atoms with Gasteiger partial charge in [-0.25, -0.2) is 14.8 Å². The highest BCUT2D eigenvalue weighted by molar-refractivity contribution is 6.31. The maximum atomic E-state index is 11.5. The maximum Gasteiger partial charge on any atom is 0.387 e. The van der Waals surface area contributed by atoms with Gasteiger partial charge in [0.2, 0.25) is 5.96 Å².